The van der Waals surface area contributed by atoms with Crippen LogP contribution in [0.25, 0.3) is 0 Å². The Labute approximate surface area is 263 Å². The Balaban J connectivity index is 1.55. The van der Waals surface area contributed by atoms with Gasteiger partial charge in [-0.25, -0.2) is 4.79 Å². The van der Waals surface area contributed by atoms with Gasteiger partial charge < -0.3 is 19.7 Å². The van der Waals surface area contributed by atoms with Crippen molar-refractivity contribution in [3.05, 3.63) is 60.2 Å². The summed E-state index contributed by atoms with van der Waals surface area (Å²) in [5.41, 5.74) is 0.671. The SMILES string of the molecule is C=C1C2[C@H](O)[C@H](OC(=O)c3ccccc3)[C@]3(C)C([C@H](OC(C)=O)CC4[C@@]5(C)CC[C@@H](C(=C)C)C5CC[C@]43C)[C@@]2(C)CC[C@@H]1O. The molecular weight excluding hydrogens is 552 g/mol. The highest BCUT2D eigenvalue weighted by atomic mass is 16.6. The number of hydrogen-bond acceptors (Lipinski definition) is 6. The molecule has 44 heavy (non-hydrogen) atoms. The van der Waals surface area contributed by atoms with Crippen LogP contribution < -0.4 is 0 Å². The number of fused-ring (bicyclic) bond motifs is 7. The second-order valence-electron chi connectivity index (χ2n) is 16.1. The molecule has 0 spiro atoms. The molecule has 5 saturated carbocycles. The first-order valence-corrected chi connectivity index (χ1v) is 16.7. The fraction of sp³-hybridized carbons (Fsp3) is 0.684. The highest BCUT2D eigenvalue weighted by Gasteiger charge is 2.77. The summed E-state index contributed by atoms with van der Waals surface area (Å²) in [6.45, 7) is 21.5. The number of carbonyl (C=O) groups excluding carboxylic acids is 2. The molecule has 5 aliphatic carbocycles. The lowest BCUT2D eigenvalue weighted by atomic mass is 9.31. The zero-order chi connectivity index (χ0) is 32.0. The summed E-state index contributed by atoms with van der Waals surface area (Å²) in [5, 5.41) is 23.5. The van der Waals surface area contributed by atoms with Gasteiger partial charge in [0.1, 0.15) is 12.2 Å². The monoisotopic (exact) mass is 604 g/mol. The lowest BCUT2D eigenvalue weighted by Gasteiger charge is -2.74. The van der Waals surface area contributed by atoms with Gasteiger partial charge in [0, 0.05) is 24.2 Å². The summed E-state index contributed by atoms with van der Waals surface area (Å²) < 4.78 is 12.9. The Bertz CT molecular complexity index is 1350. The number of aliphatic hydroxyl groups is 2. The smallest absolute Gasteiger partial charge is 0.338 e. The van der Waals surface area contributed by atoms with Gasteiger partial charge in [0.25, 0.3) is 0 Å². The van der Waals surface area contributed by atoms with Gasteiger partial charge in [0.05, 0.1) is 17.8 Å². The first-order valence-electron chi connectivity index (χ1n) is 16.7. The van der Waals surface area contributed by atoms with E-state index in [0.29, 0.717) is 35.8 Å². The molecule has 0 radical (unpaired) electrons. The van der Waals surface area contributed by atoms with Crippen molar-refractivity contribution in [3.63, 3.8) is 0 Å². The maximum Gasteiger partial charge on any atom is 0.338 e. The Hall–Kier alpha value is -2.44. The third-order valence-electron chi connectivity index (χ3n) is 14.2. The van der Waals surface area contributed by atoms with Gasteiger partial charge >= 0.3 is 11.9 Å². The fourth-order valence-electron chi connectivity index (χ4n) is 12.3. The summed E-state index contributed by atoms with van der Waals surface area (Å²) in [4.78, 5) is 26.7. The minimum atomic E-state index is -1.07. The van der Waals surface area contributed by atoms with Crippen molar-refractivity contribution >= 4 is 11.9 Å². The first kappa shape index (κ1) is 31.5. The third-order valence-corrected chi connectivity index (χ3v) is 14.2. The average molecular weight is 605 g/mol. The molecule has 13 atom stereocenters. The topological polar surface area (TPSA) is 93.1 Å². The molecule has 0 bridgehead atoms. The lowest BCUT2D eigenvalue weighted by molar-refractivity contribution is -0.315. The fourth-order valence-corrected chi connectivity index (χ4v) is 12.3. The molecule has 4 unspecified atom stereocenters. The van der Waals surface area contributed by atoms with E-state index in [-0.39, 0.29) is 28.6 Å². The maximum absolute atomic E-state index is 13.8. The van der Waals surface area contributed by atoms with E-state index >= 15 is 0 Å². The lowest BCUT2D eigenvalue weighted by Crippen LogP contribution is -2.76. The second kappa shape index (κ2) is 10.6. The zero-order valence-corrected chi connectivity index (χ0v) is 27.5. The van der Waals surface area contributed by atoms with Crippen molar-refractivity contribution in [2.75, 3.05) is 0 Å². The third kappa shape index (κ3) is 4.18. The molecule has 240 valence electrons. The van der Waals surface area contributed by atoms with E-state index in [1.165, 1.54) is 12.5 Å². The minimum absolute atomic E-state index is 0.00789. The molecule has 6 rings (SSSR count). The van der Waals surface area contributed by atoms with Gasteiger partial charge in [-0.1, -0.05) is 64.6 Å². The van der Waals surface area contributed by atoms with Crippen LogP contribution in [0.15, 0.2) is 54.6 Å². The van der Waals surface area contributed by atoms with Crippen molar-refractivity contribution < 1.29 is 29.3 Å². The molecule has 1 aromatic rings. The molecule has 5 aliphatic rings. The van der Waals surface area contributed by atoms with E-state index in [9.17, 15) is 19.8 Å². The molecular formula is C38H52O6. The van der Waals surface area contributed by atoms with Gasteiger partial charge in [0.2, 0.25) is 0 Å². The molecule has 1 aromatic carbocycles. The Morgan fingerprint density at radius 1 is 0.909 bits per heavy atom. The first-order chi connectivity index (χ1) is 20.6. The summed E-state index contributed by atoms with van der Waals surface area (Å²) in [5.74, 6) is -0.376. The molecule has 6 nitrogen and oxygen atoms in total. The van der Waals surface area contributed by atoms with Gasteiger partial charge in [-0.15, -0.1) is 0 Å². The summed E-state index contributed by atoms with van der Waals surface area (Å²) in [7, 11) is 0. The Kier molecular flexibility index (Phi) is 7.56. The number of ether oxygens (including phenoxy) is 2. The van der Waals surface area contributed by atoms with E-state index in [4.69, 9.17) is 9.47 Å². The van der Waals surface area contributed by atoms with Crippen LogP contribution in [-0.2, 0) is 14.3 Å². The van der Waals surface area contributed by atoms with Crippen molar-refractivity contribution in [1.82, 2.24) is 0 Å². The molecule has 2 N–H and O–H groups in total. The van der Waals surface area contributed by atoms with Crippen molar-refractivity contribution in [2.45, 2.75) is 111 Å². The van der Waals surface area contributed by atoms with Crippen LogP contribution in [0, 0.1) is 51.2 Å². The number of aliphatic hydroxyl groups excluding tert-OH is 2. The Morgan fingerprint density at radius 3 is 2.20 bits per heavy atom. The Morgan fingerprint density at radius 2 is 1.57 bits per heavy atom. The van der Waals surface area contributed by atoms with Crippen LogP contribution in [0.2, 0.25) is 0 Å². The molecule has 0 aromatic heterocycles. The van der Waals surface area contributed by atoms with E-state index in [1.54, 1.807) is 12.1 Å². The molecule has 0 saturated heterocycles. The van der Waals surface area contributed by atoms with Crippen LogP contribution in [0.5, 0.6) is 0 Å². The van der Waals surface area contributed by atoms with Crippen LogP contribution in [-0.4, -0.2) is 46.6 Å². The van der Waals surface area contributed by atoms with E-state index in [2.05, 4.69) is 47.8 Å². The molecule has 5 fully saturated rings. The van der Waals surface area contributed by atoms with Crippen molar-refractivity contribution in [3.8, 4) is 0 Å². The predicted molar refractivity (Wildman–Crippen MR) is 169 cm³/mol. The van der Waals surface area contributed by atoms with Gasteiger partial charge in [-0.05, 0) is 104 Å². The molecule has 0 heterocycles. The van der Waals surface area contributed by atoms with E-state index < -0.39 is 47.1 Å². The largest absolute Gasteiger partial charge is 0.462 e. The van der Waals surface area contributed by atoms with E-state index in [1.807, 2.05) is 18.2 Å². The zero-order valence-electron chi connectivity index (χ0n) is 27.5. The van der Waals surface area contributed by atoms with Crippen LogP contribution in [0.4, 0.5) is 0 Å². The van der Waals surface area contributed by atoms with Crippen LogP contribution >= 0.6 is 0 Å². The number of rotatable bonds is 4. The normalized spacial score (nSPS) is 47.8. The summed E-state index contributed by atoms with van der Waals surface area (Å²) >= 11 is 0. The van der Waals surface area contributed by atoms with Gasteiger partial charge in [0.15, 0.2) is 0 Å². The summed E-state index contributed by atoms with van der Waals surface area (Å²) in [6, 6.07) is 8.95. The molecule has 6 heteroatoms. The van der Waals surface area contributed by atoms with Crippen molar-refractivity contribution in [2.24, 2.45) is 51.2 Å². The van der Waals surface area contributed by atoms with Crippen LogP contribution in [0.3, 0.4) is 0 Å². The quantitative estimate of drug-likeness (QED) is 0.287. The number of benzene rings is 1. The number of esters is 2. The number of allylic oxidation sites excluding steroid dienone is 1. The van der Waals surface area contributed by atoms with Crippen molar-refractivity contribution in [1.29, 1.82) is 0 Å². The average Bonchev–Trinajstić information content (AvgIpc) is 3.32. The summed E-state index contributed by atoms with van der Waals surface area (Å²) in [6.07, 6.45) is 2.96. The highest BCUT2D eigenvalue weighted by molar-refractivity contribution is 5.89. The number of hydrogen-bond donors (Lipinski definition) is 2. The molecule has 0 aliphatic heterocycles. The van der Waals surface area contributed by atoms with Gasteiger partial charge in [-0.2, -0.15) is 0 Å². The predicted octanol–water partition coefficient (Wildman–Crippen LogP) is 6.90. The second-order valence-corrected chi connectivity index (χ2v) is 16.1. The maximum atomic E-state index is 13.8. The standard InChI is InChI=1S/C38H52O6/c1-21(2)25-14-17-35(5)26(25)15-19-37(7)29(35)20-28(43-23(4)39)32-36(6)18-16-27(40)22(3)30(36)31(41)33(38(32,37)8)44-34(42)24-12-10-9-11-13-24/h9-13,25-33,40-41H,1,3,14-20H2,2,4-8H3/t25-,26?,27-,28+,29?,30?,31-,32?,33-,35-,36-,37+,38-/m0/s1. The minimum Gasteiger partial charge on any atom is -0.462 e. The van der Waals surface area contributed by atoms with Crippen LogP contribution in [0.1, 0.15) is 96.8 Å². The van der Waals surface area contributed by atoms with E-state index in [0.717, 1.165) is 32.1 Å². The highest BCUT2D eigenvalue weighted by Crippen LogP contribution is 2.77. The molecule has 0 amide bonds. The number of carbonyl (C=O) groups is 2. The van der Waals surface area contributed by atoms with Gasteiger partial charge in [-0.3, -0.25) is 4.79 Å².